The van der Waals surface area contributed by atoms with E-state index in [-0.39, 0.29) is 18.0 Å². The highest BCUT2D eigenvalue weighted by Gasteiger charge is 2.17. The van der Waals surface area contributed by atoms with E-state index in [4.69, 9.17) is 4.74 Å². The molecule has 1 aliphatic rings. The Morgan fingerprint density at radius 3 is 2.75 bits per heavy atom. The maximum absolute atomic E-state index is 11.5. The molecule has 4 nitrogen and oxygen atoms in total. The zero-order chi connectivity index (χ0) is 12.0. The van der Waals surface area contributed by atoms with Gasteiger partial charge in [0.1, 0.15) is 0 Å². The SMILES string of the molecule is CC(C)NC(=O)CC(C)NCC1CCOC1. The van der Waals surface area contributed by atoms with Gasteiger partial charge in [0.25, 0.3) is 0 Å². The van der Waals surface area contributed by atoms with Crippen molar-refractivity contribution in [1.82, 2.24) is 10.6 Å². The topological polar surface area (TPSA) is 50.4 Å². The Labute approximate surface area is 98.1 Å². The molecule has 0 saturated carbocycles. The summed E-state index contributed by atoms with van der Waals surface area (Å²) < 4.78 is 5.30. The number of amides is 1. The summed E-state index contributed by atoms with van der Waals surface area (Å²) in [4.78, 5) is 11.5. The molecular weight excluding hydrogens is 204 g/mol. The Bertz CT molecular complexity index is 213. The van der Waals surface area contributed by atoms with E-state index in [9.17, 15) is 4.79 Å². The maximum Gasteiger partial charge on any atom is 0.221 e. The number of hydrogen-bond acceptors (Lipinski definition) is 3. The summed E-state index contributed by atoms with van der Waals surface area (Å²) in [5, 5.41) is 6.29. The number of nitrogens with one attached hydrogen (secondary N) is 2. The van der Waals surface area contributed by atoms with E-state index in [2.05, 4.69) is 17.6 Å². The molecule has 0 radical (unpaired) electrons. The average Bonchev–Trinajstić information content (AvgIpc) is 2.65. The lowest BCUT2D eigenvalue weighted by Crippen LogP contribution is -2.38. The molecule has 94 valence electrons. The number of carbonyl (C=O) groups is 1. The maximum atomic E-state index is 11.5. The zero-order valence-corrected chi connectivity index (χ0v) is 10.6. The van der Waals surface area contributed by atoms with Crippen LogP contribution in [0.3, 0.4) is 0 Å². The first kappa shape index (κ1) is 13.5. The van der Waals surface area contributed by atoms with E-state index in [0.717, 1.165) is 26.2 Å². The van der Waals surface area contributed by atoms with Gasteiger partial charge in [-0.2, -0.15) is 0 Å². The van der Waals surface area contributed by atoms with Gasteiger partial charge in [-0.25, -0.2) is 0 Å². The smallest absolute Gasteiger partial charge is 0.221 e. The van der Waals surface area contributed by atoms with Crippen LogP contribution < -0.4 is 10.6 Å². The highest BCUT2D eigenvalue weighted by molar-refractivity contribution is 5.76. The molecule has 1 heterocycles. The third-order valence-corrected chi connectivity index (χ3v) is 2.72. The van der Waals surface area contributed by atoms with Crippen LogP contribution in [0.15, 0.2) is 0 Å². The van der Waals surface area contributed by atoms with Gasteiger partial charge >= 0.3 is 0 Å². The van der Waals surface area contributed by atoms with Gasteiger partial charge in [0.15, 0.2) is 0 Å². The lowest BCUT2D eigenvalue weighted by molar-refractivity contribution is -0.122. The first-order chi connectivity index (χ1) is 7.58. The first-order valence-electron chi connectivity index (χ1n) is 6.18. The van der Waals surface area contributed by atoms with Crippen molar-refractivity contribution in [1.29, 1.82) is 0 Å². The largest absolute Gasteiger partial charge is 0.381 e. The minimum Gasteiger partial charge on any atom is -0.381 e. The lowest BCUT2D eigenvalue weighted by atomic mass is 10.1. The summed E-state index contributed by atoms with van der Waals surface area (Å²) in [7, 11) is 0. The van der Waals surface area contributed by atoms with E-state index < -0.39 is 0 Å². The first-order valence-corrected chi connectivity index (χ1v) is 6.18. The normalized spacial score (nSPS) is 22.4. The molecule has 0 aromatic rings. The fourth-order valence-corrected chi connectivity index (χ4v) is 1.84. The third kappa shape index (κ3) is 5.47. The van der Waals surface area contributed by atoms with Crippen molar-refractivity contribution in [2.24, 2.45) is 5.92 Å². The highest BCUT2D eigenvalue weighted by Crippen LogP contribution is 2.11. The Kier molecular flexibility index (Phi) is 5.77. The van der Waals surface area contributed by atoms with E-state index in [1.54, 1.807) is 0 Å². The molecule has 1 fully saturated rings. The van der Waals surface area contributed by atoms with Gasteiger partial charge in [-0.3, -0.25) is 4.79 Å². The Balaban J connectivity index is 2.09. The number of ether oxygens (including phenoxy) is 1. The minimum atomic E-state index is 0.123. The predicted octanol–water partition coefficient (Wildman–Crippen LogP) is 0.916. The molecule has 2 atom stereocenters. The summed E-state index contributed by atoms with van der Waals surface area (Å²) >= 11 is 0. The van der Waals surface area contributed by atoms with Crippen molar-refractivity contribution in [3.63, 3.8) is 0 Å². The van der Waals surface area contributed by atoms with E-state index in [1.165, 1.54) is 0 Å². The molecule has 0 bridgehead atoms. The predicted molar refractivity (Wildman–Crippen MR) is 64.3 cm³/mol. The molecule has 1 amide bonds. The molecule has 0 aliphatic carbocycles. The Morgan fingerprint density at radius 1 is 1.44 bits per heavy atom. The highest BCUT2D eigenvalue weighted by atomic mass is 16.5. The molecule has 0 aromatic heterocycles. The van der Waals surface area contributed by atoms with Crippen molar-refractivity contribution in [3.05, 3.63) is 0 Å². The summed E-state index contributed by atoms with van der Waals surface area (Å²) in [5.41, 5.74) is 0. The van der Waals surface area contributed by atoms with Gasteiger partial charge in [-0.05, 0) is 33.1 Å². The monoisotopic (exact) mass is 228 g/mol. The fraction of sp³-hybridized carbons (Fsp3) is 0.917. The van der Waals surface area contributed by atoms with Crippen LogP contribution in [0.5, 0.6) is 0 Å². The fourth-order valence-electron chi connectivity index (χ4n) is 1.84. The lowest BCUT2D eigenvalue weighted by Gasteiger charge is -2.17. The molecule has 2 N–H and O–H groups in total. The van der Waals surface area contributed by atoms with Gasteiger partial charge in [-0.15, -0.1) is 0 Å². The molecular formula is C12H24N2O2. The standard InChI is InChI=1S/C12H24N2O2/c1-9(2)14-12(15)6-10(3)13-7-11-4-5-16-8-11/h9-11,13H,4-8H2,1-3H3,(H,14,15). The van der Waals surface area contributed by atoms with Crippen LogP contribution in [-0.2, 0) is 9.53 Å². The Hall–Kier alpha value is -0.610. The molecule has 1 aliphatic heterocycles. The summed E-state index contributed by atoms with van der Waals surface area (Å²) in [6, 6.07) is 0.460. The molecule has 4 heteroatoms. The van der Waals surface area contributed by atoms with Gasteiger partial charge in [0, 0.05) is 31.7 Å². The van der Waals surface area contributed by atoms with E-state index in [0.29, 0.717) is 12.3 Å². The second-order valence-corrected chi connectivity index (χ2v) is 4.97. The molecule has 0 aromatic carbocycles. The summed E-state index contributed by atoms with van der Waals surface area (Å²) in [6.07, 6.45) is 1.68. The van der Waals surface area contributed by atoms with Gasteiger partial charge < -0.3 is 15.4 Å². The summed E-state index contributed by atoms with van der Waals surface area (Å²) in [5.74, 6) is 0.744. The molecule has 1 rings (SSSR count). The van der Waals surface area contributed by atoms with E-state index >= 15 is 0 Å². The number of rotatable bonds is 6. The average molecular weight is 228 g/mol. The number of hydrogen-bond donors (Lipinski definition) is 2. The van der Waals surface area contributed by atoms with Crippen molar-refractivity contribution in [2.75, 3.05) is 19.8 Å². The van der Waals surface area contributed by atoms with Crippen LogP contribution in [0.1, 0.15) is 33.6 Å². The molecule has 2 unspecified atom stereocenters. The van der Waals surface area contributed by atoms with Crippen LogP contribution in [0.2, 0.25) is 0 Å². The number of carbonyl (C=O) groups excluding carboxylic acids is 1. The van der Waals surface area contributed by atoms with E-state index in [1.807, 2.05) is 13.8 Å². The van der Waals surface area contributed by atoms with Gasteiger partial charge in [-0.1, -0.05) is 0 Å². The van der Waals surface area contributed by atoms with Crippen LogP contribution in [0.4, 0.5) is 0 Å². The Morgan fingerprint density at radius 2 is 2.19 bits per heavy atom. The molecule has 16 heavy (non-hydrogen) atoms. The van der Waals surface area contributed by atoms with Crippen molar-refractivity contribution < 1.29 is 9.53 Å². The van der Waals surface area contributed by atoms with Crippen molar-refractivity contribution in [3.8, 4) is 0 Å². The van der Waals surface area contributed by atoms with Gasteiger partial charge in [0.05, 0.1) is 6.61 Å². The molecule has 0 spiro atoms. The van der Waals surface area contributed by atoms with Crippen LogP contribution in [-0.4, -0.2) is 37.7 Å². The second kappa shape index (κ2) is 6.86. The van der Waals surface area contributed by atoms with Crippen molar-refractivity contribution >= 4 is 5.91 Å². The van der Waals surface area contributed by atoms with Crippen LogP contribution >= 0.6 is 0 Å². The third-order valence-electron chi connectivity index (χ3n) is 2.72. The van der Waals surface area contributed by atoms with Crippen LogP contribution in [0, 0.1) is 5.92 Å². The van der Waals surface area contributed by atoms with Crippen LogP contribution in [0.25, 0.3) is 0 Å². The molecule has 1 saturated heterocycles. The summed E-state index contributed by atoms with van der Waals surface area (Å²) in [6.45, 7) is 8.70. The quantitative estimate of drug-likeness (QED) is 0.710. The van der Waals surface area contributed by atoms with Gasteiger partial charge in [0.2, 0.25) is 5.91 Å². The zero-order valence-electron chi connectivity index (χ0n) is 10.6. The minimum absolute atomic E-state index is 0.123. The van der Waals surface area contributed by atoms with Crippen molar-refractivity contribution in [2.45, 2.75) is 45.7 Å². The second-order valence-electron chi connectivity index (χ2n) is 4.97.